The first-order valence-corrected chi connectivity index (χ1v) is 6.73. The van der Waals surface area contributed by atoms with Crippen LogP contribution in [0.4, 0.5) is 10.1 Å². The summed E-state index contributed by atoms with van der Waals surface area (Å²) in [5, 5.41) is 3.88. The molecular weight excluding hydrogens is 295 g/mol. The van der Waals surface area contributed by atoms with Crippen molar-refractivity contribution in [2.75, 3.05) is 11.4 Å². The summed E-state index contributed by atoms with van der Waals surface area (Å²) in [4.78, 5) is 6.16. The Labute approximate surface area is 128 Å². The molecular formula is C14H18ClFN4O. The lowest BCUT2D eigenvalue weighted by Crippen LogP contribution is -2.30. The maximum Gasteiger partial charge on any atom is 0.240 e. The van der Waals surface area contributed by atoms with E-state index in [0.717, 1.165) is 30.5 Å². The largest absolute Gasteiger partial charge is 0.361 e. The summed E-state index contributed by atoms with van der Waals surface area (Å²) >= 11 is 0. The third-order valence-electron chi connectivity index (χ3n) is 3.66. The topological polar surface area (TPSA) is 68.2 Å². The van der Waals surface area contributed by atoms with Crippen LogP contribution in [-0.4, -0.2) is 16.7 Å². The van der Waals surface area contributed by atoms with E-state index in [2.05, 4.69) is 10.1 Å². The number of anilines is 1. The zero-order valence-electron chi connectivity index (χ0n) is 11.8. The van der Waals surface area contributed by atoms with E-state index >= 15 is 0 Å². The van der Waals surface area contributed by atoms with E-state index in [4.69, 9.17) is 10.3 Å². The molecule has 0 bridgehead atoms. The minimum absolute atomic E-state index is 0. The Morgan fingerprint density at radius 2 is 2.24 bits per heavy atom. The molecule has 7 heteroatoms. The molecule has 21 heavy (non-hydrogen) atoms. The van der Waals surface area contributed by atoms with Crippen LogP contribution in [0.25, 0.3) is 0 Å². The van der Waals surface area contributed by atoms with Gasteiger partial charge in [0, 0.05) is 6.54 Å². The number of hydrogen-bond donors (Lipinski definition) is 1. The molecule has 0 spiro atoms. The van der Waals surface area contributed by atoms with Gasteiger partial charge in [0.25, 0.3) is 0 Å². The highest BCUT2D eigenvalue weighted by molar-refractivity contribution is 5.85. The van der Waals surface area contributed by atoms with Gasteiger partial charge in [0.2, 0.25) is 5.89 Å². The molecule has 1 aromatic carbocycles. The molecule has 114 valence electrons. The molecule has 1 aromatic heterocycles. The van der Waals surface area contributed by atoms with Gasteiger partial charge in [-0.25, -0.2) is 4.39 Å². The molecule has 2 heterocycles. The van der Waals surface area contributed by atoms with Crippen molar-refractivity contribution in [1.29, 1.82) is 0 Å². The van der Waals surface area contributed by atoms with Crippen molar-refractivity contribution < 1.29 is 8.91 Å². The van der Waals surface area contributed by atoms with E-state index in [1.165, 1.54) is 6.07 Å². The maximum atomic E-state index is 14.1. The number of nitrogens with zero attached hydrogens (tertiary/aromatic N) is 3. The molecule has 0 aliphatic carbocycles. The van der Waals surface area contributed by atoms with Crippen molar-refractivity contribution in [2.45, 2.75) is 32.9 Å². The number of halogens is 2. The van der Waals surface area contributed by atoms with Crippen LogP contribution in [-0.2, 0) is 19.5 Å². The van der Waals surface area contributed by atoms with Crippen molar-refractivity contribution in [3.05, 3.63) is 40.8 Å². The van der Waals surface area contributed by atoms with Crippen molar-refractivity contribution in [3.8, 4) is 0 Å². The number of fused-ring (bicyclic) bond motifs is 1. The molecule has 0 atom stereocenters. The van der Waals surface area contributed by atoms with Crippen LogP contribution in [0, 0.1) is 12.7 Å². The van der Waals surface area contributed by atoms with Crippen LogP contribution >= 0.6 is 12.4 Å². The van der Waals surface area contributed by atoms with E-state index in [-0.39, 0.29) is 24.8 Å². The quantitative estimate of drug-likeness (QED) is 0.942. The second-order valence-corrected chi connectivity index (χ2v) is 5.03. The molecule has 0 unspecified atom stereocenters. The molecule has 2 aromatic rings. The van der Waals surface area contributed by atoms with Crippen molar-refractivity contribution in [1.82, 2.24) is 10.1 Å². The van der Waals surface area contributed by atoms with E-state index in [1.54, 1.807) is 0 Å². The number of aromatic nitrogens is 2. The second-order valence-electron chi connectivity index (χ2n) is 5.03. The summed E-state index contributed by atoms with van der Waals surface area (Å²) in [5.74, 6) is 0.758. The molecule has 0 saturated heterocycles. The maximum absolute atomic E-state index is 14.1. The van der Waals surface area contributed by atoms with Gasteiger partial charge in [-0.15, -0.1) is 12.4 Å². The molecule has 0 saturated carbocycles. The predicted octanol–water partition coefficient (Wildman–Crippen LogP) is 2.35. The first-order valence-electron chi connectivity index (χ1n) is 6.73. The molecule has 3 rings (SSSR count). The molecule has 2 N–H and O–H groups in total. The number of rotatable bonds is 3. The van der Waals surface area contributed by atoms with Gasteiger partial charge in [-0.2, -0.15) is 4.98 Å². The Kier molecular flexibility index (Phi) is 4.80. The summed E-state index contributed by atoms with van der Waals surface area (Å²) in [6.45, 7) is 3.47. The van der Waals surface area contributed by atoms with Crippen LogP contribution in [0.5, 0.6) is 0 Å². The molecule has 1 aliphatic heterocycles. The fourth-order valence-corrected chi connectivity index (χ4v) is 2.69. The normalized spacial score (nSPS) is 13.8. The zero-order valence-corrected chi connectivity index (χ0v) is 12.6. The molecule has 5 nitrogen and oxygen atoms in total. The van der Waals surface area contributed by atoms with Gasteiger partial charge in [-0.05, 0) is 37.0 Å². The van der Waals surface area contributed by atoms with Gasteiger partial charge in [0.05, 0.1) is 18.8 Å². The lowest BCUT2D eigenvalue weighted by atomic mass is 9.96. The monoisotopic (exact) mass is 312 g/mol. The van der Waals surface area contributed by atoms with Gasteiger partial charge >= 0.3 is 0 Å². The predicted molar refractivity (Wildman–Crippen MR) is 79.9 cm³/mol. The molecule has 1 aliphatic rings. The minimum atomic E-state index is -0.187. The molecule has 0 radical (unpaired) electrons. The summed E-state index contributed by atoms with van der Waals surface area (Å²) in [6.07, 6.45) is 1.91. The Morgan fingerprint density at radius 1 is 1.43 bits per heavy atom. The lowest BCUT2D eigenvalue weighted by Gasteiger charge is -2.31. The SMILES string of the molecule is Cc1ccc(F)c2c1CCCN2Cc1noc(CN)n1.Cl. The van der Waals surface area contributed by atoms with Gasteiger partial charge in [0.1, 0.15) is 5.82 Å². The highest BCUT2D eigenvalue weighted by atomic mass is 35.5. The summed E-state index contributed by atoms with van der Waals surface area (Å²) < 4.78 is 19.1. The van der Waals surface area contributed by atoms with Gasteiger partial charge in [-0.3, -0.25) is 0 Å². The van der Waals surface area contributed by atoms with E-state index < -0.39 is 0 Å². The molecule has 0 amide bonds. The highest BCUT2D eigenvalue weighted by Crippen LogP contribution is 2.33. The van der Waals surface area contributed by atoms with Crippen LogP contribution in [0.3, 0.4) is 0 Å². The van der Waals surface area contributed by atoms with Gasteiger partial charge in [0.15, 0.2) is 5.82 Å². The van der Waals surface area contributed by atoms with E-state index in [9.17, 15) is 4.39 Å². The average molecular weight is 313 g/mol. The minimum Gasteiger partial charge on any atom is -0.361 e. The average Bonchev–Trinajstić information content (AvgIpc) is 2.91. The molecule has 0 fully saturated rings. The van der Waals surface area contributed by atoms with Crippen LogP contribution in [0.15, 0.2) is 16.7 Å². The third kappa shape index (κ3) is 3.01. The fourth-order valence-electron chi connectivity index (χ4n) is 2.69. The van der Waals surface area contributed by atoms with Crippen LogP contribution < -0.4 is 10.6 Å². The fraction of sp³-hybridized carbons (Fsp3) is 0.429. The Balaban J connectivity index is 0.00000161. The Morgan fingerprint density at radius 3 is 2.95 bits per heavy atom. The van der Waals surface area contributed by atoms with Crippen LogP contribution in [0.1, 0.15) is 29.3 Å². The van der Waals surface area contributed by atoms with Crippen molar-refractivity contribution in [3.63, 3.8) is 0 Å². The van der Waals surface area contributed by atoms with E-state index in [0.29, 0.717) is 23.9 Å². The number of nitrogens with two attached hydrogens (primary N) is 1. The summed E-state index contributed by atoms with van der Waals surface area (Å²) in [5.41, 5.74) is 8.33. The van der Waals surface area contributed by atoms with Crippen LogP contribution in [0.2, 0.25) is 0 Å². The highest BCUT2D eigenvalue weighted by Gasteiger charge is 2.23. The van der Waals surface area contributed by atoms with Crippen molar-refractivity contribution in [2.24, 2.45) is 5.73 Å². The first kappa shape index (κ1) is 15.7. The number of hydrogen-bond acceptors (Lipinski definition) is 5. The standard InChI is InChI=1S/C14H17FN4O.ClH/c1-9-4-5-11(15)14-10(9)3-2-6-19(14)8-12-17-13(7-16)20-18-12;/h4-5H,2-3,6-8,16H2,1H3;1H. The van der Waals surface area contributed by atoms with E-state index in [1.807, 2.05) is 17.9 Å². The number of benzene rings is 1. The second kappa shape index (κ2) is 6.41. The number of aryl methyl sites for hydroxylation is 1. The Bertz CT molecular complexity index is 631. The summed E-state index contributed by atoms with van der Waals surface area (Å²) in [6, 6.07) is 3.35. The lowest BCUT2D eigenvalue weighted by molar-refractivity contribution is 0.374. The zero-order chi connectivity index (χ0) is 14.1. The smallest absolute Gasteiger partial charge is 0.240 e. The first-order chi connectivity index (χ1) is 9.69. The summed E-state index contributed by atoms with van der Waals surface area (Å²) in [7, 11) is 0. The van der Waals surface area contributed by atoms with Gasteiger partial charge in [-0.1, -0.05) is 11.2 Å². The third-order valence-corrected chi connectivity index (χ3v) is 3.66. The van der Waals surface area contributed by atoms with Gasteiger partial charge < -0.3 is 15.2 Å². The Hall–Kier alpha value is -1.66. The van der Waals surface area contributed by atoms with Crippen molar-refractivity contribution >= 4 is 18.1 Å².